The van der Waals surface area contributed by atoms with E-state index in [2.05, 4.69) is 0 Å². The largest absolute Gasteiger partial charge is 0.378 e. The van der Waals surface area contributed by atoms with Crippen molar-refractivity contribution in [2.45, 2.75) is 13.1 Å². The molecular weight excluding hydrogens is 95.1 g/mol. The van der Waals surface area contributed by atoms with E-state index in [0.29, 0.717) is 13.2 Å². The van der Waals surface area contributed by atoms with Gasteiger partial charge in [-0.1, -0.05) is 6.92 Å². The molecule has 0 N–H and O–H groups in total. The van der Waals surface area contributed by atoms with Crippen LogP contribution < -0.4 is 0 Å². The molecule has 2 heteroatoms. The van der Waals surface area contributed by atoms with Gasteiger partial charge in [0.25, 0.3) is 0 Å². The molecule has 0 aromatic carbocycles. The van der Waals surface area contributed by atoms with Crippen LogP contribution in [0, 0.1) is 5.92 Å². The first kappa shape index (κ1) is 5.04. The smallest absolute Gasteiger partial charge is 0.128 e. The van der Waals surface area contributed by atoms with Crippen molar-refractivity contribution in [3.63, 3.8) is 0 Å². The van der Waals surface area contributed by atoms with Crippen LogP contribution in [-0.4, -0.2) is 19.4 Å². The highest BCUT2D eigenvalue weighted by Crippen LogP contribution is 2.14. The van der Waals surface area contributed by atoms with Crippen LogP contribution in [0.5, 0.6) is 0 Å². The van der Waals surface area contributed by atoms with Crippen LogP contribution in [0.3, 0.4) is 0 Å². The summed E-state index contributed by atoms with van der Waals surface area (Å²) in [5.41, 5.74) is 0. The standard InChI is InChI=1S/C5H9FO/c1-4-2-7-3-5(4)6/h4-5H,2-3H2,1H3/t4?,5-/m0/s1. The van der Waals surface area contributed by atoms with Gasteiger partial charge in [-0.25, -0.2) is 4.39 Å². The predicted octanol–water partition coefficient (Wildman–Crippen LogP) is 0.991. The van der Waals surface area contributed by atoms with Gasteiger partial charge in [0, 0.05) is 5.92 Å². The summed E-state index contributed by atoms with van der Waals surface area (Å²) in [6.45, 7) is 2.76. The number of hydrogen-bond donors (Lipinski definition) is 0. The lowest BCUT2D eigenvalue weighted by atomic mass is 10.1. The molecule has 0 bridgehead atoms. The summed E-state index contributed by atoms with van der Waals surface area (Å²) in [4.78, 5) is 0. The van der Waals surface area contributed by atoms with Crippen LogP contribution in [0.4, 0.5) is 4.39 Å². The Morgan fingerprint density at radius 1 is 1.57 bits per heavy atom. The third-order valence-corrected chi connectivity index (χ3v) is 1.28. The van der Waals surface area contributed by atoms with Gasteiger partial charge < -0.3 is 4.74 Å². The molecule has 0 aromatic rings. The molecule has 1 aliphatic rings. The second kappa shape index (κ2) is 1.78. The van der Waals surface area contributed by atoms with Gasteiger partial charge in [0.15, 0.2) is 0 Å². The fourth-order valence-corrected chi connectivity index (χ4v) is 0.635. The van der Waals surface area contributed by atoms with E-state index in [4.69, 9.17) is 4.74 Å². The van der Waals surface area contributed by atoms with Gasteiger partial charge in [-0.3, -0.25) is 0 Å². The molecular formula is C5H9FO. The van der Waals surface area contributed by atoms with Gasteiger partial charge in [0.1, 0.15) is 6.17 Å². The number of ether oxygens (including phenoxy) is 1. The minimum atomic E-state index is -0.708. The zero-order valence-electron chi connectivity index (χ0n) is 4.36. The lowest BCUT2D eigenvalue weighted by molar-refractivity contribution is 0.172. The number of hydrogen-bond acceptors (Lipinski definition) is 1. The zero-order chi connectivity index (χ0) is 5.28. The van der Waals surface area contributed by atoms with Gasteiger partial charge in [0.2, 0.25) is 0 Å². The molecule has 0 amide bonds. The summed E-state index contributed by atoms with van der Waals surface area (Å²) in [6, 6.07) is 0. The Kier molecular flexibility index (Phi) is 1.28. The first-order valence-electron chi connectivity index (χ1n) is 2.52. The van der Waals surface area contributed by atoms with E-state index in [1.165, 1.54) is 0 Å². The van der Waals surface area contributed by atoms with E-state index in [-0.39, 0.29) is 5.92 Å². The summed E-state index contributed by atoms with van der Waals surface area (Å²) >= 11 is 0. The monoisotopic (exact) mass is 104 g/mol. The average molecular weight is 104 g/mol. The Balaban J connectivity index is 2.33. The van der Waals surface area contributed by atoms with Crippen molar-refractivity contribution in [2.24, 2.45) is 5.92 Å². The quantitative estimate of drug-likeness (QED) is 0.445. The first-order valence-corrected chi connectivity index (χ1v) is 2.52. The van der Waals surface area contributed by atoms with Gasteiger partial charge in [-0.15, -0.1) is 0 Å². The third kappa shape index (κ3) is 0.911. The maximum absolute atomic E-state index is 12.2. The molecule has 1 aliphatic heterocycles. The van der Waals surface area contributed by atoms with E-state index in [0.717, 1.165) is 0 Å². The molecule has 1 fully saturated rings. The van der Waals surface area contributed by atoms with Crippen molar-refractivity contribution >= 4 is 0 Å². The first-order chi connectivity index (χ1) is 3.30. The number of alkyl halides is 1. The van der Waals surface area contributed by atoms with Crippen molar-refractivity contribution in [1.82, 2.24) is 0 Å². The Labute approximate surface area is 42.5 Å². The normalized spacial score (nSPS) is 42.0. The average Bonchev–Trinajstić information content (AvgIpc) is 1.91. The van der Waals surface area contributed by atoms with Crippen molar-refractivity contribution in [3.8, 4) is 0 Å². The highest BCUT2D eigenvalue weighted by molar-refractivity contribution is 4.68. The molecule has 0 aliphatic carbocycles. The minimum Gasteiger partial charge on any atom is -0.378 e. The van der Waals surface area contributed by atoms with E-state index in [1.54, 1.807) is 0 Å². The Hall–Kier alpha value is -0.110. The molecule has 0 saturated carbocycles. The fraction of sp³-hybridized carbons (Fsp3) is 1.00. The van der Waals surface area contributed by atoms with Crippen LogP contribution in [0.25, 0.3) is 0 Å². The highest BCUT2D eigenvalue weighted by atomic mass is 19.1. The third-order valence-electron chi connectivity index (χ3n) is 1.28. The van der Waals surface area contributed by atoms with Crippen molar-refractivity contribution in [2.75, 3.05) is 13.2 Å². The minimum absolute atomic E-state index is 0.125. The van der Waals surface area contributed by atoms with Crippen LogP contribution in [-0.2, 0) is 4.74 Å². The molecule has 0 radical (unpaired) electrons. The summed E-state index contributed by atoms with van der Waals surface area (Å²) in [5.74, 6) is 0.125. The van der Waals surface area contributed by atoms with Crippen LogP contribution in [0.2, 0.25) is 0 Å². The van der Waals surface area contributed by atoms with E-state index in [1.807, 2.05) is 6.92 Å². The van der Waals surface area contributed by atoms with Gasteiger partial charge in [-0.2, -0.15) is 0 Å². The Morgan fingerprint density at radius 2 is 2.29 bits per heavy atom. The molecule has 1 unspecified atom stereocenters. The molecule has 0 spiro atoms. The second-order valence-electron chi connectivity index (χ2n) is 2.03. The predicted molar refractivity (Wildman–Crippen MR) is 24.9 cm³/mol. The summed E-state index contributed by atoms with van der Waals surface area (Å²) in [6.07, 6.45) is -0.708. The number of rotatable bonds is 0. The molecule has 1 nitrogen and oxygen atoms in total. The van der Waals surface area contributed by atoms with Gasteiger partial charge in [-0.05, 0) is 0 Å². The van der Waals surface area contributed by atoms with E-state index >= 15 is 0 Å². The summed E-state index contributed by atoms with van der Waals surface area (Å²) in [5, 5.41) is 0. The van der Waals surface area contributed by atoms with Gasteiger partial charge >= 0.3 is 0 Å². The summed E-state index contributed by atoms with van der Waals surface area (Å²) in [7, 11) is 0. The SMILES string of the molecule is CC1COC[C@@H]1F. The number of halogens is 1. The van der Waals surface area contributed by atoms with E-state index in [9.17, 15) is 4.39 Å². The molecule has 42 valence electrons. The summed E-state index contributed by atoms with van der Waals surface area (Å²) < 4.78 is 17.0. The topological polar surface area (TPSA) is 9.23 Å². The van der Waals surface area contributed by atoms with Crippen molar-refractivity contribution < 1.29 is 9.13 Å². The Bertz CT molecular complexity index is 57.1. The molecule has 0 aromatic heterocycles. The van der Waals surface area contributed by atoms with Crippen LogP contribution in [0.1, 0.15) is 6.92 Å². The van der Waals surface area contributed by atoms with E-state index < -0.39 is 6.17 Å². The lowest BCUT2D eigenvalue weighted by Gasteiger charge is -1.97. The molecule has 2 atom stereocenters. The molecule has 7 heavy (non-hydrogen) atoms. The highest BCUT2D eigenvalue weighted by Gasteiger charge is 2.22. The Morgan fingerprint density at radius 3 is 2.43 bits per heavy atom. The second-order valence-corrected chi connectivity index (χ2v) is 2.03. The fourth-order valence-electron chi connectivity index (χ4n) is 0.635. The van der Waals surface area contributed by atoms with Crippen LogP contribution >= 0.6 is 0 Å². The molecule has 1 heterocycles. The van der Waals surface area contributed by atoms with Crippen LogP contribution in [0.15, 0.2) is 0 Å². The van der Waals surface area contributed by atoms with Crippen molar-refractivity contribution in [3.05, 3.63) is 0 Å². The van der Waals surface area contributed by atoms with Gasteiger partial charge in [0.05, 0.1) is 13.2 Å². The maximum Gasteiger partial charge on any atom is 0.128 e. The lowest BCUT2D eigenvalue weighted by Crippen LogP contribution is -2.07. The van der Waals surface area contributed by atoms with Crippen molar-refractivity contribution in [1.29, 1.82) is 0 Å². The zero-order valence-corrected chi connectivity index (χ0v) is 4.36. The molecule has 1 saturated heterocycles. The maximum atomic E-state index is 12.2. The molecule has 1 rings (SSSR count).